The monoisotopic (exact) mass is 459 g/mol. The third-order valence-electron chi connectivity index (χ3n) is 5.20. The lowest BCUT2D eigenvalue weighted by atomic mass is 9.92. The Morgan fingerprint density at radius 2 is 1.81 bits per heavy atom. The van der Waals surface area contributed by atoms with Crippen LogP contribution in [0.1, 0.15) is 37.9 Å². The van der Waals surface area contributed by atoms with Crippen molar-refractivity contribution >= 4 is 23.0 Å². The number of benzene rings is 2. The van der Waals surface area contributed by atoms with Gasteiger partial charge in [-0.05, 0) is 74.8 Å². The van der Waals surface area contributed by atoms with Crippen LogP contribution in [0.2, 0.25) is 0 Å². The minimum absolute atomic E-state index is 0.0226. The van der Waals surface area contributed by atoms with Crippen LogP contribution in [-0.2, 0) is 6.42 Å². The van der Waals surface area contributed by atoms with Crippen molar-refractivity contribution in [3.05, 3.63) is 57.6 Å². The van der Waals surface area contributed by atoms with E-state index in [2.05, 4.69) is 31.0 Å². The van der Waals surface area contributed by atoms with Crippen molar-refractivity contribution in [2.75, 3.05) is 27.4 Å². The van der Waals surface area contributed by atoms with E-state index >= 15 is 0 Å². The summed E-state index contributed by atoms with van der Waals surface area (Å²) < 4.78 is 17.1. The molecular formula is C23H29N3O5S. The Bertz CT molecular complexity index is 988. The molecule has 2 aromatic rings. The quantitative estimate of drug-likeness (QED) is 0.390. The fraction of sp³-hybridized carbons (Fsp3) is 0.435. The second-order valence-electron chi connectivity index (χ2n) is 8.61. The molecule has 0 bridgehead atoms. The van der Waals surface area contributed by atoms with Gasteiger partial charge in [0.25, 0.3) is 5.69 Å². The standard InChI is InChI=1S/C23H29N3O5S/c1-23(2,3)24-22(32)25-11-10-15-12-20(29-4)21(30-5)13-18(15)19(25)14-31-17-8-6-16(7-9-17)26(27)28/h6-9,12-13,19H,10-11,14H2,1-5H3,(H,24,32). The van der Waals surface area contributed by atoms with Crippen LogP contribution < -0.4 is 19.5 Å². The molecule has 0 amide bonds. The van der Waals surface area contributed by atoms with E-state index in [0.29, 0.717) is 29.0 Å². The van der Waals surface area contributed by atoms with Gasteiger partial charge in [0.15, 0.2) is 16.6 Å². The Hall–Kier alpha value is -3.07. The lowest BCUT2D eigenvalue weighted by molar-refractivity contribution is -0.384. The molecule has 1 aliphatic rings. The van der Waals surface area contributed by atoms with E-state index in [1.165, 1.54) is 12.1 Å². The van der Waals surface area contributed by atoms with Crippen molar-refractivity contribution in [1.29, 1.82) is 0 Å². The van der Waals surface area contributed by atoms with Crippen molar-refractivity contribution in [3.63, 3.8) is 0 Å². The number of nitro groups is 1. The molecule has 172 valence electrons. The number of hydrogen-bond donors (Lipinski definition) is 1. The largest absolute Gasteiger partial charge is 0.493 e. The first-order valence-corrected chi connectivity index (χ1v) is 10.7. The minimum Gasteiger partial charge on any atom is -0.493 e. The number of non-ortho nitro benzene ring substituents is 1. The van der Waals surface area contributed by atoms with Gasteiger partial charge in [-0.25, -0.2) is 0 Å². The molecule has 0 fully saturated rings. The zero-order chi connectivity index (χ0) is 23.5. The summed E-state index contributed by atoms with van der Waals surface area (Å²) in [6.45, 7) is 7.22. The summed E-state index contributed by atoms with van der Waals surface area (Å²) in [5.41, 5.74) is 2.04. The summed E-state index contributed by atoms with van der Waals surface area (Å²) in [7, 11) is 3.23. The number of ether oxygens (including phenoxy) is 3. The molecule has 1 heterocycles. The first kappa shape index (κ1) is 23.6. The molecule has 1 N–H and O–H groups in total. The zero-order valence-corrected chi connectivity index (χ0v) is 19.8. The molecule has 8 nitrogen and oxygen atoms in total. The van der Waals surface area contributed by atoms with Crippen LogP contribution in [0.15, 0.2) is 36.4 Å². The van der Waals surface area contributed by atoms with Crippen LogP contribution in [0, 0.1) is 10.1 Å². The van der Waals surface area contributed by atoms with Gasteiger partial charge in [0.05, 0.1) is 25.2 Å². The first-order chi connectivity index (χ1) is 15.1. The molecule has 0 radical (unpaired) electrons. The number of methoxy groups -OCH3 is 2. The Morgan fingerprint density at radius 1 is 1.19 bits per heavy atom. The summed E-state index contributed by atoms with van der Waals surface area (Å²) >= 11 is 5.74. The molecule has 1 aliphatic heterocycles. The summed E-state index contributed by atoms with van der Waals surface area (Å²) in [6, 6.07) is 9.88. The normalized spacial score (nSPS) is 15.5. The molecule has 1 atom stereocenters. The van der Waals surface area contributed by atoms with Crippen LogP contribution in [0.5, 0.6) is 17.2 Å². The molecule has 32 heavy (non-hydrogen) atoms. The number of nitrogens with zero attached hydrogens (tertiary/aromatic N) is 2. The molecule has 0 aromatic heterocycles. The predicted molar refractivity (Wildman–Crippen MR) is 127 cm³/mol. The number of nitrogens with one attached hydrogen (secondary N) is 1. The van der Waals surface area contributed by atoms with Crippen molar-refractivity contribution in [1.82, 2.24) is 10.2 Å². The summed E-state index contributed by atoms with van der Waals surface area (Å²) in [5, 5.41) is 15.0. The Labute approximate surface area is 193 Å². The fourth-order valence-electron chi connectivity index (χ4n) is 3.68. The Balaban J connectivity index is 1.92. The van der Waals surface area contributed by atoms with E-state index in [1.807, 2.05) is 12.1 Å². The first-order valence-electron chi connectivity index (χ1n) is 10.3. The second-order valence-corrected chi connectivity index (χ2v) is 8.99. The molecule has 0 spiro atoms. The van der Waals surface area contributed by atoms with Crippen molar-refractivity contribution in [3.8, 4) is 17.2 Å². The highest BCUT2D eigenvalue weighted by molar-refractivity contribution is 7.80. The van der Waals surface area contributed by atoms with Gasteiger partial charge in [-0.15, -0.1) is 0 Å². The smallest absolute Gasteiger partial charge is 0.269 e. The summed E-state index contributed by atoms with van der Waals surface area (Å²) in [6.07, 6.45) is 0.801. The topological polar surface area (TPSA) is 86.1 Å². The van der Waals surface area contributed by atoms with Gasteiger partial charge in [0, 0.05) is 24.2 Å². The maximum absolute atomic E-state index is 10.9. The van der Waals surface area contributed by atoms with E-state index in [0.717, 1.165) is 24.1 Å². The molecule has 1 unspecified atom stereocenters. The van der Waals surface area contributed by atoms with E-state index < -0.39 is 4.92 Å². The number of rotatable bonds is 6. The van der Waals surface area contributed by atoms with Crippen LogP contribution in [-0.4, -0.2) is 47.8 Å². The average Bonchev–Trinajstić information content (AvgIpc) is 2.75. The molecular weight excluding hydrogens is 430 g/mol. The third-order valence-corrected chi connectivity index (χ3v) is 5.54. The van der Waals surface area contributed by atoms with E-state index in [-0.39, 0.29) is 17.3 Å². The molecule has 2 aromatic carbocycles. The fourth-order valence-corrected chi connectivity index (χ4v) is 4.21. The maximum Gasteiger partial charge on any atom is 0.269 e. The Kier molecular flexibility index (Phi) is 7.08. The maximum atomic E-state index is 10.9. The highest BCUT2D eigenvalue weighted by Crippen LogP contribution is 2.38. The van der Waals surface area contributed by atoms with Gasteiger partial charge < -0.3 is 24.4 Å². The summed E-state index contributed by atoms with van der Waals surface area (Å²) in [4.78, 5) is 12.6. The van der Waals surface area contributed by atoms with Gasteiger partial charge in [0.1, 0.15) is 12.4 Å². The van der Waals surface area contributed by atoms with Crippen LogP contribution in [0.25, 0.3) is 0 Å². The van der Waals surface area contributed by atoms with Gasteiger partial charge in [-0.3, -0.25) is 10.1 Å². The van der Waals surface area contributed by atoms with Crippen LogP contribution >= 0.6 is 12.2 Å². The van der Waals surface area contributed by atoms with Gasteiger partial charge in [0.2, 0.25) is 0 Å². The number of nitro benzene ring substituents is 1. The number of hydrogen-bond acceptors (Lipinski definition) is 6. The Morgan fingerprint density at radius 3 is 2.38 bits per heavy atom. The lowest BCUT2D eigenvalue weighted by Gasteiger charge is -2.41. The van der Waals surface area contributed by atoms with Crippen LogP contribution in [0.3, 0.4) is 0 Å². The van der Waals surface area contributed by atoms with Crippen molar-refractivity contribution in [2.24, 2.45) is 0 Å². The second kappa shape index (κ2) is 9.60. The average molecular weight is 460 g/mol. The molecule has 0 saturated carbocycles. The minimum atomic E-state index is -0.431. The van der Waals surface area contributed by atoms with E-state index in [4.69, 9.17) is 26.4 Å². The molecule has 0 aliphatic carbocycles. The highest BCUT2D eigenvalue weighted by atomic mass is 32.1. The SMILES string of the molecule is COc1cc2c(cc1OC)C(COc1ccc([N+](=O)[O-])cc1)N(C(=S)NC(C)(C)C)CC2. The van der Waals surface area contributed by atoms with Crippen LogP contribution in [0.4, 0.5) is 5.69 Å². The molecule has 9 heteroatoms. The predicted octanol–water partition coefficient (Wildman–Crippen LogP) is 4.26. The highest BCUT2D eigenvalue weighted by Gasteiger charge is 2.32. The van der Waals surface area contributed by atoms with Crippen molar-refractivity contribution in [2.45, 2.75) is 38.8 Å². The molecule has 3 rings (SSSR count). The zero-order valence-electron chi connectivity index (χ0n) is 19.0. The molecule has 0 saturated heterocycles. The third kappa shape index (κ3) is 5.40. The van der Waals surface area contributed by atoms with Gasteiger partial charge in [-0.2, -0.15) is 0 Å². The number of fused-ring (bicyclic) bond motifs is 1. The van der Waals surface area contributed by atoms with E-state index in [1.54, 1.807) is 26.4 Å². The van der Waals surface area contributed by atoms with E-state index in [9.17, 15) is 10.1 Å². The van der Waals surface area contributed by atoms with Crippen molar-refractivity contribution < 1.29 is 19.1 Å². The lowest BCUT2D eigenvalue weighted by Crippen LogP contribution is -2.52. The van der Waals surface area contributed by atoms with Gasteiger partial charge in [-0.1, -0.05) is 0 Å². The van der Waals surface area contributed by atoms with Gasteiger partial charge >= 0.3 is 0 Å². The number of thiocarbonyl (C=S) groups is 1. The summed E-state index contributed by atoms with van der Waals surface area (Å²) in [5.74, 6) is 1.88.